The van der Waals surface area contributed by atoms with Crippen molar-refractivity contribution < 1.29 is 22.0 Å². The number of hydrogen-bond donors (Lipinski definition) is 2. The lowest BCUT2D eigenvalue weighted by Crippen LogP contribution is -2.08. The maximum atomic E-state index is 14.8. The SMILES string of the molecule is C=C(NN=NC)c1cc2ccc(CNc3ccc(Br)c(C(F)(F)F)c3)c(F)c2o1. The van der Waals surface area contributed by atoms with Crippen LogP contribution in [0.15, 0.2) is 62.2 Å². The molecule has 152 valence electrons. The monoisotopic (exact) mass is 470 g/mol. The van der Waals surface area contributed by atoms with Gasteiger partial charge in [0, 0.05) is 27.7 Å². The second-order valence-electron chi connectivity index (χ2n) is 6.00. The molecule has 0 saturated heterocycles. The average Bonchev–Trinajstić information content (AvgIpc) is 3.11. The van der Waals surface area contributed by atoms with E-state index in [4.69, 9.17) is 4.42 Å². The largest absolute Gasteiger partial charge is 0.451 e. The summed E-state index contributed by atoms with van der Waals surface area (Å²) in [7, 11) is 1.47. The molecule has 0 spiro atoms. The maximum absolute atomic E-state index is 14.8. The molecule has 2 aromatic carbocycles. The molecule has 3 aromatic rings. The van der Waals surface area contributed by atoms with Crippen molar-refractivity contribution in [3.05, 3.63) is 70.2 Å². The first-order chi connectivity index (χ1) is 13.7. The maximum Gasteiger partial charge on any atom is 0.417 e. The van der Waals surface area contributed by atoms with E-state index in [-0.39, 0.29) is 27.9 Å². The summed E-state index contributed by atoms with van der Waals surface area (Å²) in [5, 5.41) is 10.4. The van der Waals surface area contributed by atoms with Crippen molar-refractivity contribution in [2.24, 2.45) is 10.3 Å². The summed E-state index contributed by atoms with van der Waals surface area (Å²) in [6, 6.07) is 8.51. The van der Waals surface area contributed by atoms with E-state index in [0.29, 0.717) is 16.8 Å². The zero-order valence-corrected chi connectivity index (χ0v) is 16.7. The van der Waals surface area contributed by atoms with E-state index in [1.165, 1.54) is 25.2 Å². The molecule has 10 heteroatoms. The Kier molecular flexibility index (Phi) is 5.92. The highest BCUT2D eigenvalue weighted by molar-refractivity contribution is 9.10. The van der Waals surface area contributed by atoms with E-state index < -0.39 is 17.6 Å². The number of nitrogens with one attached hydrogen (secondary N) is 2. The van der Waals surface area contributed by atoms with E-state index in [1.807, 2.05) is 0 Å². The summed E-state index contributed by atoms with van der Waals surface area (Å²) < 4.78 is 59.3. The fourth-order valence-corrected chi connectivity index (χ4v) is 3.08. The second-order valence-corrected chi connectivity index (χ2v) is 6.86. The molecule has 0 aliphatic carbocycles. The molecule has 0 saturated carbocycles. The molecule has 2 N–H and O–H groups in total. The summed E-state index contributed by atoms with van der Waals surface area (Å²) in [5.41, 5.74) is 2.51. The van der Waals surface area contributed by atoms with Crippen LogP contribution >= 0.6 is 15.9 Å². The van der Waals surface area contributed by atoms with Crippen molar-refractivity contribution in [3.8, 4) is 0 Å². The van der Waals surface area contributed by atoms with E-state index in [2.05, 4.69) is 43.6 Å². The molecule has 0 unspecified atom stereocenters. The van der Waals surface area contributed by atoms with Crippen LogP contribution in [-0.2, 0) is 12.7 Å². The molecule has 3 rings (SSSR count). The number of fused-ring (bicyclic) bond motifs is 1. The molecular formula is C19H15BrF4N4O. The van der Waals surface area contributed by atoms with Crippen molar-refractivity contribution in [2.75, 3.05) is 12.4 Å². The van der Waals surface area contributed by atoms with Gasteiger partial charge in [0.25, 0.3) is 0 Å². The second kappa shape index (κ2) is 8.24. The first kappa shape index (κ1) is 20.8. The Labute approximate surface area is 171 Å². The topological polar surface area (TPSA) is 61.9 Å². The lowest BCUT2D eigenvalue weighted by atomic mass is 10.1. The van der Waals surface area contributed by atoms with Crippen molar-refractivity contribution in [3.63, 3.8) is 0 Å². The Hall–Kier alpha value is -2.88. The van der Waals surface area contributed by atoms with Gasteiger partial charge >= 0.3 is 6.18 Å². The van der Waals surface area contributed by atoms with Gasteiger partial charge in [-0.1, -0.05) is 39.9 Å². The predicted molar refractivity (Wildman–Crippen MR) is 106 cm³/mol. The first-order valence-corrected chi connectivity index (χ1v) is 9.05. The summed E-state index contributed by atoms with van der Waals surface area (Å²) >= 11 is 2.89. The Morgan fingerprint density at radius 3 is 2.66 bits per heavy atom. The van der Waals surface area contributed by atoms with Crippen LogP contribution in [0, 0.1) is 5.82 Å². The van der Waals surface area contributed by atoms with Crippen molar-refractivity contribution in [1.82, 2.24) is 5.43 Å². The molecule has 1 aromatic heterocycles. The van der Waals surface area contributed by atoms with Crippen LogP contribution in [-0.4, -0.2) is 7.05 Å². The fraction of sp³-hybridized carbons (Fsp3) is 0.158. The van der Waals surface area contributed by atoms with E-state index >= 15 is 0 Å². The Bertz CT molecular complexity index is 1090. The first-order valence-electron chi connectivity index (χ1n) is 8.26. The number of nitrogens with zero attached hydrogens (tertiary/aromatic N) is 2. The molecule has 0 amide bonds. The number of rotatable bonds is 6. The Morgan fingerprint density at radius 1 is 1.21 bits per heavy atom. The van der Waals surface area contributed by atoms with Crippen molar-refractivity contribution in [2.45, 2.75) is 12.7 Å². The quantitative estimate of drug-likeness (QED) is 0.244. The van der Waals surface area contributed by atoms with Crippen molar-refractivity contribution in [1.29, 1.82) is 0 Å². The van der Waals surface area contributed by atoms with E-state index in [9.17, 15) is 17.6 Å². The number of halogens is 5. The highest BCUT2D eigenvalue weighted by atomic mass is 79.9. The van der Waals surface area contributed by atoms with Crippen LogP contribution in [0.25, 0.3) is 16.7 Å². The van der Waals surface area contributed by atoms with Gasteiger partial charge in [-0.2, -0.15) is 18.3 Å². The molecule has 0 bridgehead atoms. The van der Waals surface area contributed by atoms with Crippen molar-refractivity contribution >= 4 is 38.3 Å². The smallest absolute Gasteiger partial charge is 0.417 e. The minimum Gasteiger partial charge on any atom is -0.451 e. The van der Waals surface area contributed by atoms with Crippen LogP contribution in [0.2, 0.25) is 0 Å². The minimum absolute atomic E-state index is 0.0162. The molecule has 5 nitrogen and oxygen atoms in total. The normalized spacial score (nSPS) is 11.9. The predicted octanol–water partition coefficient (Wildman–Crippen LogP) is 6.52. The molecule has 0 aliphatic heterocycles. The molecule has 0 fully saturated rings. The number of anilines is 1. The zero-order chi connectivity index (χ0) is 21.2. The average molecular weight is 471 g/mol. The molecular weight excluding hydrogens is 456 g/mol. The van der Waals surface area contributed by atoms with Gasteiger partial charge in [0.05, 0.1) is 18.3 Å². The minimum atomic E-state index is -4.50. The van der Waals surface area contributed by atoms with E-state index in [1.54, 1.807) is 12.1 Å². The van der Waals surface area contributed by atoms with Gasteiger partial charge < -0.3 is 9.73 Å². The fourth-order valence-electron chi connectivity index (χ4n) is 2.61. The number of benzene rings is 2. The molecule has 1 heterocycles. The highest BCUT2D eigenvalue weighted by Crippen LogP contribution is 2.36. The van der Waals surface area contributed by atoms with Gasteiger partial charge in [-0.25, -0.2) is 4.39 Å². The summed E-state index contributed by atoms with van der Waals surface area (Å²) in [6.07, 6.45) is -4.50. The number of alkyl halides is 3. The van der Waals surface area contributed by atoms with Gasteiger partial charge in [-0.05, 0) is 24.3 Å². The van der Waals surface area contributed by atoms with Crippen LogP contribution in [0.5, 0.6) is 0 Å². The highest BCUT2D eigenvalue weighted by Gasteiger charge is 2.33. The molecule has 29 heavy (non-hydrogen) atoms. The Morgan fingerprint density at radius 2 is 1.97 bits per heavy atom. The molecule has 0 aliphatic rings. The van der Waals surface area contributed by atoms with Gasteiger partial charge in [-0.3, -0.25) is 5.43 Å². The Balaban J connectivity index is 1.82. The standard InChI is InChI=1S/C19H15BrF4N4O/c1-10(27-28-25-2)16-7-11-3-4-12(17(21)18(11)29-16)9-26-13-5-6-15(20)14(8-13)19(22,23)24/h3-8,26H,1,9H2,2H3,(H,25,27). The lowest BCUT2D eigenvalue weighted by molar-refractivity contribution is -0.138. The number of furan rings is 1. The van der Waals surface area contributed by atoms with Crippen LogP contribution in [0.4, 0.5) is 23.2 Å². The van der Waals surface area contributed by atoms with Gasteiger partial charge in [0.2, 0.25) is 0 Å². The third-order valence-corrected chi connectivity index (χ3v) is 4.73. The summed E-state index contributed by atoms with van der Waals surface area (Å²) in [5.74, 6) is -0.321. The van der Waals surface area contributed by atoms with Crippen LogP contribution in [0.3, 0.4) is 0 Å². The third-order valence-electron chi connectivity index (χ3n) is 4.04. The molecule has 0 atom stereocenters. The lowest BCUT2D eigenvalue weighted by Gasteiger charge is -2.13. The molecule has 0 radical (unpaired) electrons. The zero-order valence-electron chi connectivity index (χ0n) is 15.1. The van der Waals surface area contributed by atoms with Gasteiger partial charge in [0.1, 0.15) is 0 Å². The van der Waals surface area contributed by atoms with E-state index in [0.717, 1.165) is 6.07 Å². The van der Waals surface area contributed by atoms with Crippen LogP contribution in [0.1, 0.15) is 16.9 Å². The number of hydrogen-bond acceptors (Lipinski definition) is 4. The van der Waals surface area contributed by atoms with Crippen LogP contribution < -0.4 is 10.7 Å². The van der Waals surface area contributed by atoms with Gasteiger partial charge in [-0.15, -0.1) is 0 Å². The third kappa shape index (κ3) is 4.58. The summed E-state index contributed by atoms with van der Waals surface area (Å²) in [4.78, 5) is 0. The van der Waals surface area contributed by atoms with Gasteiger partial charge in [0.15, 0.2) is 17.2 Å². The summed E-state index contributed by atoms with van der Waals surface area (Å²) in [6.45, 7) is 3.70.